The van der Waals surface area contributed by atoms with Gasteiger partial charge < -0.3 is 0 Å². The molecule has 0 amide bonds. The first kappa shape index (κ1) is 30.0. The van der Waals surface area contributed by atoms with Gasteiger partial charge in [0.1, 0.15) is 0 Å². The van der Waals surface area contributed by atoms with Gasteiger partial charge in [-0.05, 0) is 0 Å². The zero-order valence-corrected chi connectivity index (χ0v) is 32.1. The fourth-order valence-corrected chi connectivity index (χ4v) is 125. The zero-order chi connectivity index (χ0) is 23.3. The summed E-state index contributed by atoms with van der Waals surface area (Å²) in [4.78, 5) is 0. The molecule has 0 rings (SSSR count). The molecule has 0 atom stereocenters. The predicted octanol–water partition coefficient (Wildman–Crippen LogP) is 9.23. The minimum absolute atomic E-state index is 1.19. The van der Waals surface area contributed by atoms with Crippen LogP contribution in [0, 0.1) is 0 Å². The molecule has 0 aliphatic rings. The molecule has 0 nitrogen and oxygen atoms in total. The Morgan fingerprint density at radius 1 is 0.286 bits per heavy atom. The number of hydrogen-bond donors (Lipinski definition) is 0. The van der Waals surface area contributed by atoms with Crippen LogP contribution in [-0.4, -0.2) is 48.4 Å². The molecule has 0 saturated carbocycles. The van der Waals surface area contributed by atoms with Gasteiger partial charge in [0.05, 0.1) is 0 Å². The van der Waals surface area contributed by atoms with Gasteiger partial charge in [-0.1, -0.05) is 0 Å². The van der Waals surface area contributed by atoms with Crippen LogP contribution in [0.25, 0.3) is 0 Å². The molecule has 0 radical (unpaired) electrons. The van der Waals surface area contributed by atoms with Crippen LogP contribution in [-0.2, 0) is 17.3 Å². The molecule has 0 aromatic rings. The standard InChI is InChI=1S/3C7H19Si2.W/c3*1-8(2,3)7-9(4,5)6;/h3*7H,1-6H3;. The summed E-state index contributed by atoms with van der Waals surface area (Å²) >= 11 is -1.75. The Balaban J connectivity index is 7.30. The Labute approximate surface area is 193 Å². The average Bonchev–Trinajstić information content (AvgIpc) is 2.13. The summed E-state index contributed by atoms with van der Waals surface area (Å²) in [7, 11) is -7.13. The van der Waals surface area contributed by atoms with E-state index in [2.05, 4.69) is 118 Å². The van der Waals surface area contributed by atoms with E-state index in [4.69, 9.17) is 0 Å². The zero-order valence-electron chi connectivity index (χ0n) is 23.1. The van der Waals surface area contributed by atoms with Crippen LogP contribution >= 0.6 is 0 Å². The van der Waals surface area contributed by atoms with Crippen LogP contribution in [0.5, 0.6) is 0 Å². The van der Waals surface area contributed by atoms with Gasteiger partial charge in [-0.25, -0.2) is 0 Å². The van der Waals surface area contributed by atoms with Gasteiger partial charge in [0.2, 0.25) is 0 Å². The van der Waals surface area contributed by atoms with Gasteiger partial charge in [-0.3, -0.25) is 0 Å². The van der Waals surface area contributed by atoms with E-state index in [0.29, 0.717) is 0 Å². The van der Waals surface area contributed by atoms with Crippen molar-refractivity contribution in [3.63, 3.8) is 0 Å². The molecule has 0 aromatic carbocycles. The predicted molar refractivity (Wildman–Crippen MR) is 151 cm³/mol. The van der Waals surface area contributed by atoms with Gasteiger partial charge in [0.25, 0.3) is 0 Å². The monoisotopic (exact) mass is 661 g/mol. The quantitative estimate of drug-likeness (QED) is 0.216. The first-order chi connectivity index (χ1) is 11.7. The van der Waals surface area contributed by atoms with Crippen LogP contribution in [0.3, 0.4) is 0 Å². The van der Waals surface area contributed by atoms with E-state index in [1.54, 1.807) is 0 Å². The Hall–Kier alpha value is 1.99. The van der Waals surface area contributed by atoms with Crippen molar-refractivity contribution in [1.29, 1.82) is 0 Å². The SMILES string of the molecule is C[Si](C)(C)[CH]([W]([CH]([Si](C)(C)C)[Si](C)(C)C)[CH]([Si](C)(C)C)[Si](C)(C)C)[Si](C)(C)C. The summed E-state index contributed by atoms with van der Waals surface area (Å²) in [6.07, 6.45) is 0. The minimum atomic E-state index is -1.75. The van der Waals surface area contributed by atoms with Crippen molar-refractivity contribution in [3.8, 4) is 0 Å². The summed E-state index contributed by atoms with van der Waals surface area (Å²) in [5, 5.41) is 0. The Morgan fingerprint density at radius 2 is 0.393 bits per heavy atom. The molecule has 0 N–H and O–H groups in total. The number of hydrogen-bond acceptors (Lipinski definition) is 0. The van der Waals surface area contributed by atoms with E-state index < -0.39 is 65.8 Å². The molecule has 0 heterocycles. The second kappa shape index (κ2) is 9.09. The average molecular weight is 662 g/mol. The molecule has 28 heavy (non-hydrogen) atoms. The van der Waals surface area contributed by atoms with E-state index in [0.717, 1.165) is 0 Å². The van der Waals surface area contributed by atoms with Gasteiger partial charge >= 0.3 is 194 Å². The Morgan fingerprint density at radius 3 is 0.464 bits per heavy atom. The van der Waals surface area contributed by atoms with Crippen molar-refractivity contribution in [3.05, 3.63) is 0 Å². The van der Waals surface area contributed by atoms with Gasteiger partial charge in [0, 0.05) is 0 Å². The summed E-state index contributed by atoms with van der Waals surface area (Å²) in [5.41, 5.74) is 0. The van der Waals surface area contributed by atoms with Gasteiger partial charge in [-0.15, -0.1) is 0 Å². The molecule has 0 fully saturated rings. The van der Waals surface area contributed by atoms with E-state index >= 15 is 0 Å². The van der Waals surface area contributed by atoms with Crippen LogP contribution in [0.4, 0.5) is 0 Å². The van der Waals surface area contributed by atoms with Crippen LogP contribution in [0.1, 0.15) is 0 Å². The second-order valence-electron chi connectivity index (χ2n) is 15.7. The van der Waals surface area contributed by atoms with Crippen LogP contribution in [0.2, 0.25) is 129 Å². The molecule has 171 valence electrons. The first-order valence-electron chi connectivity index (χ1n) is 11.4. The maximum absolute atomic E-state index is 2.77. The molecule has 0 aliphatic carbocycles. The fourth-order valence-electron chi connectivity index (χ4n) is 6.75. The molecule has 0 aliphatic heterocycles. The molecule has 0 saturated heterocycles. The Kier molecular flexibility index (Phi) is 9.73. The third kappa shape index (κ3) is 8.16. The number of rotatable bonds is 9. The van der Waals surface area contributed by atoms with Crippen LogP contribution in [0.15, 0.2) is 0 Å². The maximum atomic E-state index is 2.77. The normalized spacial score (nSPS) is 16.1. The third-order valence-electron chi connectivity index (χ3n) is 5.54. The van der Waals surface area contributed by atoms with Crippen molar-refractivity contribution < 1.29 is 17.3 Å². The molecular formula is C21H57Si6W. The van der Waals surface area contributed by atoms with Crippen LogP contribution < -0.4 is 0 Å². The van der Waals surface area contributed by atoms with E-state index in [9.17, 15) is 0 Å². The second-order valence-corrected chi connectivity index (χ2v) is 67.2. The molecule has 0 unspecified atom stereocenters. The summed E-state index contributed by atoms with van der Waals surface area (Å²) in [6.45, 7) is 49.9. The summed E-state index contributed by atoms with van der Waals surface area (Å²) in [6, 6.07) is 0. The van der Waals surface area contributed by atoms with Crippen molar-refractivity contribution in [2.45, 2.75) is 129 Å². The van der Waals surface area contributed by atoms with Crippen molar-refractivity contribution >= 4 is 48.4 Å². The molecule has 0 spiro atoms. The van der Waals surface area contributed by atoms with E-state index in [1.807, 2.05) is 0 Å². The molecule has 0 bridgehead atoms. The van der Waals surface area contributed by atoms with Gasteiger partial charge in [-0.2, -0.15) is 0 Å². The molecule has 0 aromatic heterocycles. The summed E-state index contributed by atoms with van der Waals surface area (Å²) in [5.74, 6) is 0. The fraction of sp³-hybridized carbons (Fsp3) is 1.00. The van der Waals surface area contributed by atoms with E-state index in [1.165, 1.54) is 10.7 Å². The third-order valence-corrected chi connectivity index (χ3v) is 95.5. The summed E-state index contributed by atoms with van der Waals surface area (Å²) < 4.78 is 3.73. The topological polar surface area (TPSA) is 0 Å². The van der Waals surface area contributed by atoms with E-state index in [-0.39, 0.29) is 0 Å². The molecular weight excluding hydrogens is 605 g/mol. The Bertz CT molecular complexity index is 388. The van der Waals surface area contributed by atoms with Crippen molar-refractivity contribution in [2.75, 3.05) is 0 Å². The van der Waals surface area contributed by atoms with Gasteiger partial charge in [0.15, 0.2) is 0 Å². The first-order valence-corrected chi connectivity index (χ1v) is 38.0. The molecule has 7 heteroatoms. The van der Waals surface area contributed by atoms with Crippen molar-refractivity contribution in [2.24, 2.45) is 0 Å². The van der Waals surface area contributed by atoms with Crippen molar-refractivity contribution in [1.82, 2.24) is 0 Å².